The third kappa shape index (κ3) is 3.47. The lowest BCUT2D eigenvalue weighted by molar-refractivity contribution is -0.138. The average Bonchev–Trinajstić information content (AvgIpc) is 3.54. The fourth-order valence-electron chi connectivity index (χ4n) is 5.28. The number of rotatable bonds is 5. The fraction of sp³-hybridized carbons (Fsp3) is 0.259. The van der Waals surface area contributed by atoms with Gasteiger partial charge in [-0.15, -0.1) is 0 Å². The maximum Gasteiger partial charge on any atom is 0.237 e. The summed E-state index contributed by atoms with van der Waals surface area (Å²) in [7, 11) is 0. The van der Waals surface area contributed by atoms with Crippen molar-refractivity contribution in [2.75, 3.05) is 26.2 Å². The third-order valence-electron chi connectivity index (χ3n) is 7.11. The number of para-hydroxylation sites is 2. The van der Waals surface area contributed by atoms with Crippen molar-refractivity contribution in [3.63, 3.8) is 0 Å². The maximum atomic E-state index is 13.1. The van der Waals surface area contributed by atoms with Crippen LogP contribution < -0.4 is 0 Å². The molecule has 0 bridgehead atoms. The SMILES string of the molecule is O=C1CC(c2c[nH]c3ccccc23)C(=O)N1CCN1CC=C(c2c[nH]c3ccccc23)CC1. The van der Waals surface area contributed by atoms with Crippen LogP contribution in [0.25, 0.3) is 27.4 Å². The van der Waals surface area contributed by atoms with E-state index < -0.39 is 0 Å². The van der Waals surface area contributed by atoms with Gasteiger partial charge >= 0.3 is 0 Å². The Balaban J connectivity index is 1.11. The van der Waals surface area contributed by atoms with Gasteiger partial charge in [-0.3, -0.25) is 19.4 Å². The molecule has 1 unspecified atom stereocenters. The van der Waals surface area contributed by atoms with Crippen LogP contribution in [0.3, 0.4) is 0 Å². The fourth-order valence-corrected chi connectivity index (χ4v) is 5.28. The molecule has 6 nitrogen and oxygen atoms in total. The van der Waals surface area contributed by atoms with Gasteiger partial charge in [0.2, 0.25) is 11.8 Å². The number of aromatic amines is 2. The van der Waals surface area contributed by atoms with Crippen molar-refractivity contribution in [3.8, 4) is 0 Å². The molecule has 4 heterocycles. The Morgan fingerprint density at radius 2 is 1.61 bits per heavy atom. The van der Waals surface area contributed by atoms with Crippen LogP contribution in [0.4, 0.5) is 0 Å². The summed E-state index contributed by atoms with van der Waals surface area (Å²) in [5.41, 5.74) is 5.72. The van der Waals surface area contributed by atoms with Gasteiger partial charge in [-0.05, 0) is 29.7 Å². The molecule has 33 heavy (non-hydrogen) atoms. The van der Waals surface area contributed by atoms with Gasteiger partial charge in [0.05, 0.1) is 5.92 Å². The van der Waals surface area contributed by atoms with Gasteiger partial charge in [0.15, 0.2) is 0 Å². The number of hydrogen-bond donors (Lipinski definition) is 2. The van der Waals surface area contributed by atoms with Crippen LogP contribution in [0.15, 0.2) is 67.0 Å². The van der Waals surface area contributed by atoms with Gasteiger partial charge in [0.25, 0.3) is 0 Å². The largest absolute Gasteiger partial charge is 0.361 e. The van der Waals surface area contributed by atoms with E-state index in [-0.39, 0.29) is 24.2 Å². The first-order valence-corrected chi connectivity index (χ1v) is 11.6. The molecule has 6 rings (SSSR count). The van der Waals surface area contributed by atoms with E-state index in [1.807, 2.05) is 36.5 Å². The van der Waals surface area contributed by atoms with Crippen molar-refractivity contribution in [3.05, 3.63) is 78.1 Å². The molecule has 6 heteroatoms. The molecule has 1 fully saturated rings. The van der Waals surface area contributed by atoms with Crippen LogP contribution >= 0.6 is 0 Å². The number of fused-ring (bicyclic) bond motifs is 2. The predicted octanol–water partition coefficient (Wildman–Crippen LogP) is 4.28. The van der Waals surface area contributed by atoms with Gasteiger partial charge < -0.3 is 9.97 Å². The second kappa shape index (κ2) is 8.05. The van der Waals surface area contributed by atoms with Gasteiger partial charge in [0.1, 0.15) is 0 Å². The van der Waals surface area contributed by atoms with Crippen molar-refractivity contribution < 1.29 is 9.59 Å². The van der Waals surface area contributed by atoms with E-state index in [9.17, 15) is 9.59 Å². The summed E-state index contributed by atoms with van der Waals surface area (Å²) in [6.45, 7) is 2.91. The van der Waals surface area contributed by atoms with Crippen LogP contribution in [0.2, 0.25) is 0 Å². The van der Waals surface area contributed by atoms with Gasteiger partial charge in [-0.25, -0.2) is 0 Å². The standard InChI is InChI=1S/C27H26N4O2/c32-26-15-21(23-17-29-25-8-4-2-6-20(23)25)27(33)31(26)14-13-30-11-9-18(10-12-30)22-16-28-24-7-3-1-5-19(22)24/h1-9,16-17,21,28-29H,10-15H2. The molecule has 0 radical (unpaired) electrons. The van der Waals surface area contributed by atoms with Gasteiger partial charge in [-0.2, -0.15) is 0 Å². The Hall–Kier alpha value is -3.64. The van der Waals surface area contributed by atoms with E-state index in [2.05, 4.69) is 45.3 Å². The first kappa shape index (κ1) is 20.0. The molecule has 0 aliphatic carbocycles. The lowest BCUT2D eigenvalue weighted by Crippen LogP contribution is -2.39. The highest BCUT2D eigenvalue weighted by Crippen LogP contribution is 2.34. The van der Waals surface area contributed by atoms with Crippen LogP contribution in [-0.4, -0.2) is 57.8 Å². The number of likely N-dealkylation sites (tertiary alicyclic amines) is 1. The minimum atomic E-state index is -0.386. The van der Waals surface area contributed by atoms with E-state index >= 15 is 0 Å². The topological polar surface area (TPSA) is 72.2 Å². The summed E-state index contributed by atoms with van der Waals surface area (Å²) >= 11 is 0. The zero-order valence-corrected chi connectivity index (χ0v) is 18.4. The molecule has 2 amide bonds. The minimum Gasteiger partial charge on any atom is -0.361 e. The van der Waals surface area contributed by atoms with Crippen LogP contribution in [-0.2, 0) is 9.59 Å². The molecule has 2 aliphatic rings. The molecule has 2 aromatic heterocycles. The van der Waals surface area contributed by atoms with Crippen LogP contribution in [0.1, 0.15) is 29.9 Å². The zero-order chi connectivity index (χ0) is 22.4. The number of nitrogens with one attached hydrogen (secondary N) is 2. The molecule has 0 saturated carbocycles. The smallest absolute Gasteiger partial charge is 0.237 e. The molecule has 1 atom stereocenters. The first-order valence-electron chi connectivity index (χ1n) is 11.6. The highest BCUT2D eigenvalue weighted by atomic mass is 16.2. The zero-order valence-electron chi connectivity index (χ0n) is 18.4. The number of amides is 2. The molecule has 2 aliphatic heterocycles. The molecular weight excluding hydrogens is 412 g/mol. The Kier molecular flexibility index (Phi) is 4.88. The predicted molar refractivity (Wildman–Crippen MR) is 130 cm³/mol. The molecular formula is C27H26N4O2. The van der Waals surface area contributed by atoms with E-state index in [0.717, 1.165) is 41.5 Å². The number of imide groups is 1. The van der Waals surface area contributed by atoms with Crippen molar-refractivity contribution in [1.29, 1.82) is 0 Å². The summed E-state index contributed by atoms with van der Waals surface area (Å²) in [6, 6.07) is 16.3. The molecule has 1 saturated heterocycles. The van der Waals surface area contributed by atoms with Crippen molar-refractivity contribution in [2.45, 2.75) is 18.8 Å². The highest BCUT2D eigenvalue weighted by Gasteiger charge is 2.40. The lowest BCUT2D eigenvalue weighted by Gasteiger charge is -2.28. The van der Waals surface area contributed by atoms with E-state index in [0.29, 0.717) is 13.1 Å². The second-order valence-electron chi connectivity index (χ2n) is 8.96. The number of nitrogens with zero attached hydrogens (tertiary/aromatic N) is 2. The first-order chi connectivity index (χ1) is 16.2. The average molecular weight is 439 g/mol. The number of carbonyl (C=O) groups excluding carboxylic acids is 2. The summed E-state index contributed by atoms with van der Waals surface area (Å²) in [6.07, 6.45) is 7.47. The van der Waals surface area contributed by atoms with E-state index in [1.54, 1.807) is 0 Å². The summed E-state index contributed by atoms with van der Waals surface area (Å²) in [5.74, 6) is -0.525. The van der Waals surface area contributed by atoms with Crippen LogP contribution in [0.5, 0.6) is 0 Å². The van der Waals surface area contributed by atoms with E-state index in [4.69, 9.17) is 0 Å². The number of aromatic nitrogens is 2. The van der Waals surface area contributed by atoms with Gasteiger partial charge in [0, 0.05) is 72.4 Å². The van der Waals surface area contributed by atoms with Crippen LogP contribution in [0, 0.1) is 0 Å². The Morgan fingerprint density at radius 1 is 0.879 bits per heavy atom. The number of H-pyrrole nitrogens is 2. The molecule has 166 valence electrons. The number of hydrogen-bond acceptors (Lipinski definition) is 3. The minimum absolute atomic E-state index is 0.0673. The third-order valence-corrected chi connectivity index (χ3v) is 7.11. The molecule has 0 spiro atoms. The number of benzene rings is 2. The maximum absolute atomic E-state index is 13.1. The second-order valence-corrected chi connectivity index (χ2v) is 8.96. The normalized spacial score (nSPS) is 19.7. The summed E-state index contributed by atoms with van der Waals surface area (Å²) in [4.78, 5) is 36.2. The number of carbonyl (C=O) groups is 2. The highest BCUT2D eigenvalue weighted by molar-refractivity contribution is 6.08. The van der Waals surface area contributed by atoms with E-state index in [1.165, 1.54) is 21.4 Å². The Morgan fingerprint density at radius 3 is 2.39 bits per heavy atom. The van der Waals surface area contributed by atoms with Gasteiger partial charge in [-0.1, -0.05) is 42.5 Å². The quantitative estimate of drug-likeness (QED) is 0.457. The van der Waals surface area contributed by atoms with Crippen molar-refractivity contribution in [1.82, 2.24) is 19.8 Å². The molecule has 4 aromatic rings. The molecule has 2 aromatic carbocycles. The van der Waals surface area contributed by atoms with Crippen molar-refractivity contribution >= 4 is 39.2 Å². The lowest BCUT2D eigenvalue weighted by atomic mass is 9.97. The Bertz CT molecular complexity index is 1400. The Labute approximate surface area is 191 Å². The van der Waals surface area contributed by atoms with Crippen molar-refractivity contribution in [2.24, 2.45) is 0 Å². The summed E-state index contributed by atoms with van der Waals surface area (Å²) < 4.78 is 0. The monoisotopic (exact) mass is 438 g/mol. The summed E-state index contributed by atoms with van der Waals surface area (Å²) in [5, 5.41) is 2.28. The molecule has 2 N–H and O–H groups in total.